The molecular formula is C10H13BF3K. The molecule has 0 amide bonds. The first kappa shape index (κ1) is 15.7. The number of hydrogen-bond donors (Lipinski definition) is 0. The molecule has 1 aromatic carbocycles. The third-order valence-corrected chi connectivity index (χ3v) is 2.32. The van der Waals surface area contributed by atoms with Gasteiger partial charge >= 0.3 is 58.4 Å². The van der Waals surface area contributed by atoms with Crippen molar-refractivity contribution in [2.45, 2.75) is 26.7 Å². The summed E-state index contributed by atoms with van der Waals surface area (Å²) < 4.78 is 37.7. The molecule has 0 aliphatic rings. The second-order valence-electron chi connectivity index (χ2n) is 3.85. The third kappa shape index (κ3) is 4.23. The summed E-state index contributed by atoms with van der Waals surface area (Å²) in [7, 11) is 0. The van der Waals surface area contributed by atoms with Crippen molar-refractivity contribution in [3.8, 4) is 0 Å². The molecule has 0 fully saturated rings. The first-order valence-corrected chi connectivity index (χ1v) is 4.62. The van der Waals surface area contributed by atoms with Crippen LogP contribution in [0, 0.1) is 6.92 Å². The molecule has 0 bridgehead atoms. The van der Waals surface area contributed by atoms with Gasteiger partial charge in [-0.25, -0.2) is 0 Å². The maximum Gasteiger partial charge on any atom is 1.00 e. The van der Waals surface area contributed by atoms with Gasteiger partial charge in [0.15, 0.2) is 0 Å². The van der Waals surface area contributed by atoms with Crippen molar-refractivity contribution in [3.63, 3.8) is 0 Å². The zero-order valence-electron chi connectivity index (χ0n) is 9.52. The Balaban J connectivity index is 0.00000196. The molecule has 5 heteroatoms. The minimum Gasteiger partial charge on any atom is -0.445 e. The summed E-state index contributed by atoms with van der Waals surface area (Å²) in [5, 5.41) is 0. The summed E-state index contributed by atoms with van der Waals surface area (Å²) in [6.07, 6.45) is 0. The molecule has 15 heavy (non-hydrogen) atoms. The van der Waals surface area contributed by atoms with Gasteiger partial charge in [-0.05, 0) is 18.4 Å². The summed E-state index contributed by atoms with van der Waals surface area (Å²) in [6, 6.07) is 4.56. The van der Waals surface area contributed by atoms with Crippen LogP contribution in [0.5, 0.6) is 0 Å². The second kappa shape index (κ2) is 5.87. The van der Waals surface area contributed by atoms with Crippen LogP contribution in [0.25, 0.3) is 0 Å². The van der Waals surface area contributed by atoms with Gasteiger partial charge in [-0.2, -0.15) is 0 Å². The average Bonchev–Trinajstić information content (AvgIpc) is 2.02. The van der Waals surface area contributed by atoms with E-state index in [1.54, 1.807) is 12.1 Å². The molecule has 1 rings (SSSR count). The summed E-state index contributed by atoms with van der Waals surface area (Å²) in [4.78, 5) is 0. The van der Waals surface area contributed by atoms with Gasteiger partial charge < -0.3 is 12.9 Å². The molecule has 0 aliphatic heterocycles. The van der Waals surface area contributed by atoms with Crippen molar-refractivity contribution in [1.29, 1.82) is 0 Å². The van der Waals surface area contributed by atoms with Crippen LogP contribution in [0.4, 0.5) is 12.9 Å². The Hall–Kier alpha value is 0.711. The van der Waals surface area contributed by atoms with Crippen molar-refractivity contribution >= 4 is 12.4 Å². The minimum absolute atomic E-state index is 0. The van der Waals surface area contributed by atoms with E-state index in [9.17, 15) is 12.9 Å². The van der Waals surface area contributed by atoms with Crippen LogP contribution >= 0.6 is 0 Å². The van der Waals surface area contributed by atoms with Crippen molar-refractivity contribution < 1.29 is 64.3 Å². The molecule has 0 aromatic heterocycles. The largest absolute Gasteiger partial charge is 1.00 e. The topological polar surface area (TPSA) is 0 Å². The van der Waals surface area contributed by atoms with Gasteiger partial charge in [0.1, 0.15) is 0 Å². The van der Waals surface area contributed by atoms with Crippen LogP contribution in [0.2, 0.25) is 0 Å². The minimum atomic E-state index is -4.88. The van der Waals surface area contributed by atoms with Crippen molar-refractivity contribution in [2.24, 2.45) is 0 Å². The van der Waals surface area contributed by atoms with Gasteiger partial charge in [-0.1, -0.05) is 37.6 Å². The van der Waals surface area contributed by atoms with Gasteiger partial charge in [0, 0.05) is 0 Å². The van der Waals surface area contributed by atoms with Gasteiger partial charge in [0.05, 0.1) is 0 Å². The van der Waals surface area contributed by atoms with Gasteiger partial charge in [-0.15, -0.1) is 5.46 Å². The molecule has 0 N–H and O–H groups in total. The van der Waals surface area contributed by atoms with Crippen LogP contribution in [0.15, 0.2) is 18.2 Å². The Kier molecular flexibility index (Phi) is 6.15. The summed E-state index contributed by atoms with van der Waals surface area (Å²) in [5.41, 5.74) is 0.586. The normalized spacial score (nSPS) is 11.4. The van der Waals surface area contributed by atoms with Gasteiger partial charge in [0.2, 0.25) is 0 Å². The van der Waals surface area contributed by atoms with Gasteiger partial charge in [0.25, 0.3) is 0 Å². The quantitative estimate of drug-likeness (QED) is 0.647. The molecule has 0 heterocycles. The standard InChI is InChI=1S/C10H13BF3.K/c1-7(2)9-5-4-8(3)10(6-9)11(12,13)14;/h4-7H,1-3H3;/q-1;+1. The number of halogens is 3. The fourth-order valence-corrected chi connectivity index (χ4v) is 1.37. The third-order valence-electron chi connectivity index (χ3n) is 2.32. The molecule has 0 nitrogen and oxygen atoms in total. The molecule has 0 saturated carbocycles. The van der Waals surface area contributed by atoms with Crippen LogP contribution in [0.1, 0.15) is 30.9 Å². The molecule has 0 spiro atoms. The Labute approximate surface area is 131 Å². The first-order valence-electron chi connectivity index (χ1n) is 4.62. The van der Waals surface area contributed by atoms with E-state index in [1.165, 1.54) is 13.0 Å². The van der Waals surface area contributed by atoms with E-state index in [-0.39, 0.29) is 57.3 Å². The van der Waals surface area contributed by atoms with E-state index < -0.39 is 12.4 Å². The number of aryl methyl sites for hydroxylation is 1. The molecule has 0 saturated heterocycles. The molecule has 0 radical (unpaired) electrons. The molecule has 0 aliphatic carbocycles. The average molecular weight is 240 g/mol. The van der Waals surface area contributed by atoms with Gasteiger partial charge in [-0.3, -0.25) is 0 Å². The van der Waals surface area contributed by atoms with E-state index in [1.807, 2.05) is 13.8 Å². The van der Waals surface area contributed by atoms with Crippen LogP contribution < -0.4 is 56.8 Å². The Morgan fingerprint density at radius 1 is 1.13 bits per heavy atom. The monoisotopic (exact) mass is 240 g/mol. The Morgan fingerprint density at radius 2 is 1.67 bits per heavy atom. The SMILES string of the molecule is Cc1ccc(C(C)C)cc1[B-](F)(F)F.[K+]. The Morgan fingerprint density at radius 3 is 2.07 bits per heavy atom. The zero-order valence-corrected chi connectivity index (χ0v) is 12.6. The number of benzene rings is 1. The van der Waals surface area contributed by atoms with E-state index in [4.69, 9.17) is 0 Å². The fraction of sp³-hybridized carbons (Fsp3) is 0.400. The Bertz CT molecular complexity index is 334. The molecule has 78 valence electrons. The smallest absolute Gasteiger partial charge is 0.445 e. The van der Waals surface area contributed by atoms with Crippen molar-refractivity contribution in [1.82, 2.24) is 0 Å². The predicted molar refractivity (Wildman–Crippen MR) is 54.0 cm³/mol. The van der Waals surface area contributed by atoms with Crippen LogP contribution in [0.3, 0.4) is 0 Å². The maximum absolute atomic E-state index is 12.6. The van der Waals surface area contributed by atoms with E-state index in [2.05, 4.69) is 0 Å². The fourth-order valence-electron chi connectivity index (χ4n) is 1.37. The van der Waals surface area contributed by atoms with E-state index in [0.29, 0.717) is 5.56 Å². The first-order chi connectivity index (χ1) is 6.32. The zero-order chi connectivity index (χ0) is 10.9. The summed E-state index contributed by atoms with van der Waals surface area (Å²) >= 11 is 0. The predicted octanol–water partition coefficient (Wildman–Crippen LogP) is 0.177. The van der Waals surface area contributed by atoms with E-state index in [0.717, 1.165) is 5.56 Å². The molecule has 1 aromatic rings. The molecule has 0 unspecified atom stereocenters. The van der Waals surface area contributed by atoms with Crippen LogP contribution in [-0.2, 0) is 0 Å². The van der Waals surface area contributed by atoms with E-state index >= 15 is 0 Å². The summed E-state index contributed by atoms with van der Waals surface area (Å²) in [6.45, 7) is 0.391. The second-order valence-corrected chi connectivity index (χ2v) is 3.85. The van der Waals surface area contributed by atoms with Crippen molar-refractivity contribution in [2.75, 3.05) is 0 Å². The number of hydrogen-bond acceptors (Lipinski definition) is 0. The molecular weight excluding hydrogens is 227 g/mol. The summed E-state index contributed by atoms with van der Waals surface area (Å²) in [5.74, 6) is 0.132. The van der Waals surface area contributed by atoms with Crippen molar-refractivity contribution in [3.05, 3.63) is 29.3 Å². The maximum atomic E-state index is 12.6. The van der Waals surface area contributed by atoms with Crippen LogP contribution in [-0.4, -0.2) is 6.98 Å². The molecule has 0 atom stereocenters. The number of rotatable bonds is 2.